The van der Waals surface area contributed by atoms with Crippen LogP contribution in [0.5, 0.6) is 5.75 Å². The highest BCUT2D eigenvalue weighted by Gasteiger charge is 2.31. The number of carbonyl (C=O) groups excluding carboxylic acids is 2. The van der Waals surface area contributed by atoms with E-state index >= 15 is 0 Å². The number of hydrogen-bond acceptors (Lipinski definition) is 8. The fourth-order valence-electron chi connectivity index (χ4n) is 5.29. The average Bonchev–Trinajstić information content (AvgIpc) is 3.01. The van der Waals surface area contributed by atoms with Gasteiger partial charge in [0.1, 0.15) is 11.5 Å². The van der Waals surface area contributed by atoms with Gasteiger partial charge in [-0.1, -0.05) is 60.7 Å². The number of rotatable bonds is 8. The van der Waals surface area contributed by atoms with Crippen LogP contribution in [0, 0.1) is 13.8 Å². The second kappa shape index (κ2) is 12.3. The molecule has 218 valence electrons. The number of esters is 2. The van der Waals surface area contributed by atoms with Gasteiger partial charge in [0.25, 0.3) is 0 Å². The first-order chi connectivity index (χ1) is 20.8. The van der Waals surface area contributed by atoms with E-state index in [-0.39, 0.29) is 46.4 Å². The second-order valence-electron chi connectivity index (χ2n) is 9.75. The Labute approximate surface area is 248 Å². The van der Waals surface area contributed by atoms with Crippen molar-refractivity contribution in [3.05, 3.63) is 105 Å². The molecule has 0 saturated carbocycles. The molecule has 3 aromatic carbocycles. The van der Waals surface area contributed by atoms with Crippen molar-refractivity contribution in [3.8, 4) is 39.5 Å². The Morgan fingerprint density at radius 1 is 0.767 bits per heavy atom. The number of aromatic nitrogens is 1. The van der Waals surface area contributed by atoms with E-state index in [2.05, 4.69) is 0 Å². The van der Waals surface area contributed by atoms with Crippen LogP contribution in [0.4, 0.5) is 0 Å². The highest BCUT2D eigenvalue weighted by atomic mass is 16.5. The number of hydrogen-bond donors (Lipinski definition) is 0. The molecule has 0 bridgehead atoms. The maximum Gasteiger partial charge on any atom is 0.340 e. The van der Waals surface area contributed by atoms with E-state index in [9.17, 15) is 14.4 Å². The van der Waals surface area contributed by atoms with E-state index < -0.39 is 11.9 Å². The minimum Gasteiger partial charge on any atom is -0.496 e. The number of methoxy groups -OCH3 is 1. The summed E-state index contributed by atoms with van der Waals surface area (Å²) in [5.41, 5.74) is 3.07. The zero-order chi connectivity index (χ0) is 30.7. The summed E-state index contributed by atoms with van der Waals surface area (Å²) in [6, 6.07) is 21.9. The summed E-state index contributed by atoms with van der Waals surface area (Å²) in [7, 11) is 1.48. The fraction of sp³-hybridized carbons (Fsp3) is 0.200. The lowest BCUT2D eigenvalue weighted by molar-refractivity contribution is 0.0522. The van der Waals surface area contributed by atoms with Crippen LogP contribution in [-0.2, 0) is 9.47 Å². The van der Waals surface area contributed by atoms with Crippen LogP contribution < -0.4 is 10.2 Å². The third kappa shape index (κ3) is 5.28. The molecule has 0 N–H and O–H groups in total. The second-order valence-corrected chi connectivity index (χ2v) is 9.75. The molecule has 0 unspecified atom stereocenters. The summed E-state index contributed by atoms with van der Waals surface area (Å²) >= 11 is 0. The van der Waals surface area contributed by atoms with Gasteiger partial charge >= 0.3 is 11.9 Å². The zero-order valence-electron chi connectivity index (χ0n) is 24.6. The van der Waals surface area contributed by atoms with Crippen molar-refractivity contribution in [1.82, 2.24) is 4.98 Å². The number of aryl methyl sites for hydroxylation is 1. The van der Waals surface area contributed by atoms with Crippen LogP contribution >= 0.6 is 0 Å². The molecule has 0 saturated heterocycles. The normalized spacial score (nSPS) is 10.9. The fourth-order valence-corrected chi connectivity index (χ4v) is 5.29. The zero-order valence-corrected chi connectivity index (χ0v) is 24.6. The largest absolute Gasteiger partial charge is 0.496 e. The summed E-state index contributed by atoms with van der Waals surface area (Å²) in [5.74, 6) is -0.605. The standard InChI is InChI=1S/C35H31NO7/c1-6-41-34(38)26-20(3)27(35(39)42-7-2)30(36-21(26)4)29-25(40-5)19-18-24-31(37)28(22-14-10-8-11-15-22)32(43-33(24)29)23-16-12-9-13-17-23/h8-19H,6-7H2,1-5H3. The Morgan fingerprint density at radius 3 is 1.93 bits per heavy atom. The number of carbonyl (C=O) groups is 2. The Kier molecular flexibility index (Phi) is 8.39. The van der Waals surface area contributed by atoms with Gasteiger partial charge in [-0.05, 0) is 51.0 Å². The molecular weight excluding hydrogens is 546 g/mol. The number of pyridine rings is 1. The quantitative estimate of drug-likeness (QED) is 0.179. The average molecular weight is 578 g/mol. The van der Waals surface area contributed by atoms with Gasteiger partial charge in [-0.2, -0.15) is 0 Å². The first-order valence-electron chi connectivity index (χ1n) is 14.0. The topological polar surface area (TPSA) is 105 Å². The van der Waals surface area contributed by atoms with E-state index in [1.165, 1.54) is 7.11 Å². The number of nitrogens with zero attached hydrogens (tertiary/aromatic N) is 1. The van der Waals surface area contributed by atoms with Gasteiger partial charge in [-0.15, -0.1) is 0 Å². The van der Waals surface area contributed by atoms with E-state index in [1.54, 1.807) is 39.8 Å². The monoisotopic (exact) mass is 577 g/mol. The van der Waals surface area contributed by atoms with E-state index in [1.807, 2.05) is 60.7 Å². The van der Waals surface area contributed by atoms with Gasteiger partial charge < -0.3 is 18.6 Å². The summed E-state index contributed by atoms with van der Waals surface area (Å²) in [5, 5.41) is 0.274. The summed E-state index contributed by atoms with van der Waals surface area (Å²) < 4.78 is 23.1. The molecule has 0 aliphatic heterocycles. The SMILES string of the molecule is CCOC(=O)c1c(C)nc(-c2c(OC)ccc3c(=O)c(-c4ccccc4)c(-c4ccccc4)oc23)c(C(=O)OCC)c1C. The Bertz CT molecular complexity index is 1890. The van der Waals surface area contributed by atoms with Gasteiger partial charge in [-0.25, -0.2) is 9.59 Å². The van der Waals surface area contributed by atoms with Gasteiger partial charge in [-0.3, -0.25) is 9.78 Å². The van der Waals surface area contributed by atoms with Crippen LogP contribution in [0.2, 0.25) is 0 Å². The minimum atomic E-state index is -0.682. The van der Waals surface area contributed by atoms with Gasteiger partial charge in [0.15, 0.2) is 5.58 Å². The molecule has 0 radical (unpaired) electrons. The van der Waals surface area contributed by atoms with E-state index in [0.717, 1.165) is 0 Å². The molecule has 0 fully saturated rings. The molecule has 0 aliphatic rings. The Morgan fingerprint density at radius 2 is 1.35 bits per heavy atom. The van der Waals surface area contributed by atoms with Crippen LogP contribution in [0.25, 0.3) is 44.7 Å². The van der Waals surface area contributed by atoms with Crippen molar-refractivity contribution >= 4 is 22.9 Å². The maximum absolute atomic E-state index is 14.3. The molecule has 5 aromatic rings. The third-order valence-corrected chi connectivity index (χ3v) is 7.16. The molecule has 8 heteroatoms. The molecule has 0 atom stereocenters. The van der Waals surface area contributed by atoms with Crippen LogP contribution in [-0.4, -0.2) is 37.2 Å². The lowest BCUT2D eigenvalue weighted by Gasteiger charge is -2.19. The molecule has 5 rings (SSSR count). The maximum atomic E-state index is 14.3. The molecule has 0 spiro atoms. The van der Waals surface area contributed by atoms with Crippen molar-refractivity contribution in [3.63, 3.8) is 0 Å². The van der Waals surface area contributed by atoms with Crippen molar-refractivity contribution in [1.29, 1.82) is 0 Å². The lowest BCUT2D eigenvalue weighted by atomic mass is 9.93. The van der Waals surface area contributed by atoms with Crippen molar-refractivity contribution in [2.45, 2.75) is 27.7 Å². The highest BCUT2D eigenvalue weighted by molar-refractivity contribution is 6.07. The summed E-state index contributed by atoms with van der Waals surface area (Å²) in [6.07, 6.45) is 0. The summed E-state index contributed by atoms with van der Waals surface area (Å²) in [4.78, 5) is 45.4. The number of fused-ring (bicyclic) bond motifs is 1. The predicted molar refractivity (Wildman–Crippen MR) is 165 cm³/mol. The van der Waals surface area contributed by atoms with Crippen LogP contribution in [0.1, 0.15) is 45.8 Å². The predicted octanol–water partition coefficient (Wildman–Crippen LogP) is 7.17. The number of ether oxygens (including phenoxy) is 3. The first-order valence-corrected chi connectivity index (χ1v) is 14.0. The molecule has 43 heavy (non-hydrogen) atoms. The third-order valence-electron chi connectivity index (χ3n) is 7.16. The van der Waals surface area contributed by atoms with Gasteiger partial charge in [0.2, 0.25) is 5.43 Å². The van der Waals surface area contributed by atoms with Crippen LogP contribution in [0.3, 0.4) is 0 Å². The lowest BCUT2D eigenvalue weighted by Crippen LogP contribution is -2.18. The smallest absolute Gasteiger partial charge is 0.340 e. The minimum absolute atomic E-state index is 0.0531. The van der Waals surface area contributed by atoms with E-state index in [0.29, 0.717) is 45.0 Å². The Hall–Kier alpha value is -5.24. The molecular formula is C35H31NO7. The molecule has 2 heterocycles. The molecule has 8 nitrogen and oxygen atoms in total. The van der Waals surface area contributed by atoms with Crippen molar-refractivity contribution < 1.29 is 28.2 Å². The molecule has 2 aromatic heterocycles. The number of benzene rings is 3. The van der Waals surface area contributed by atoms with E-state index in [4.69, 9.17) is 23.6 Å². The molecule has 0 aliphatic carbocycles. The van der Waals surface area contributed by atoms with Gasteiger partial charge in [0.05, 0.1) is 59.4 Å². The first kappa shape index (κ1) is 29.3. The van der Waals surface area contributed by atoms with Crippen molar-refractivity contribution in [2.24, 2.45) is 0 Å². The highest BCUT2D eigenvalue weighted by Crippen LogP contribution is 2.42. The van der Waals surface area contributed by atoms with Crippen molar-refractivity contribution in [2.75, 3.05) is 20.3 Å². The van der Waals surface area contributed by atoms with Crippen LogP contribution in [0.15, 0.2) is 82.0 Å². The summed E-state index contributed by atoms with van der Waals surface area (Å²) in [6.45, 7) is 6.95. The Balaban J connectivity index is 1.95. The van der Waals surface area contributed by atoms with Gasteiger partial charge in [0, 0.05) is 5.56 Å². The molecule has 0 amide bonds.